The third-order valence-electron chi connectivity index (χ3n) is 5.06. The molecule has 4 amide bonds. The number of carbonyl (C=O) groups excluding carboxylic acids is 3. The molecular weight excluding hydrogens is 388 g/mol. The summed E-state index contributed by atoms with van der Waals surface area (Å²) in [5.41, 5.74) is 1.07. The lowest BCUT2D eigenvalue weighted by Gasteiger charge is -2.42. The highest BCUT2D eigenvalue weighted by Crippen LogP contribution is 2.35. The van der Waals surface area contributed by atoms with Crippen molar-refractivity contribution in [2.45, 2.75) is 30.9 Å². The molecule has 0 aliphatic carbocycles. The molecule has 0 aromatic heterocycles. The van der Waals surface area contributed by atoms with Gasteiger partial charge in [-0.1, -0.05) is 61.9 Å². The Morgan fingerprint density at radius 3 is 2.10 bits per heavy atom. The second-order valence-electron chi connectivity index (χ2n) is 7.02. The third-order valence-corrected chi connectivity index (χ3v) is 6.99. The fraction of sp³-hybridized carbons (Fsp3) is 0.318. The predicted octanol–water partition coefficient (Wildman–Crippen LogP) is 3.14. The van der Waals surface area contributed by atoms with Crippen LogP contribution in [0, 0.1) is 0 Å². The summed E-state index contributed by atoms with van der Waals surface area (Å²) in [4.78, 5) is 41.7. The molecule has 6 nitrogen and oxygen atoms in total. The number of unbranched alkanes of at least 4 members (excludes halogenated alkanes) is 1. The van der Waals surface area contributed by atoms with E-state index in [1.165, 1.54) is 7.05 Å². The standard InChI is InChI=1S/C22H24N2O4S/c1-3-4-15-29(28)22(16-17-11-7-5-8-12-17)19(25)23(2)21(27)24(20(22)26)18-13-9-6-10-14-18/h5-14H,3-4,15-16H2,1-2H3. The van der Waals surface area contributed by atoms with Crippen LogP contribution in [0.5, 0.6) is 0 Å². The number of nitrogens with zero attached hydrogens (tertiary/aromatic N) is 2. The van der Waals surface area contributed by atoms with E-state index in [-0.39, 0.29) is 12.2 Å². The Bertz CT molecular complexity index is 890. The van der Waals surface area contributed by atoms with Gasteiger partial charge in [-0.25, -0.2) is 9.69 Å². The van der Waals surface area contributed by atoms with Crippen LogP contribution in [0.1, 0.15) is 25.3 Å². The van der Waals surface area contributed by atoms with Gasteiger partial charge in [0.1, 0.15) is 5.75 Å². The first kappa shape index (κ1) is 21.1. The highest BCUT2D eigenvalue weighted by atomic mass is 32.2. The van der Waals surface area contributed by atoms with Gasteiger partial charge in [0.2, 0.25) is 0 Å². The van der Waals surface area contributed by atoms with Gasteiger partial charge in [-0.15, -0.1) is 0 Å². The summed E-state index contributed by atoms with van der Waals surface area (Å²) in [7, 11) is 1.34. The Morgan fingerprint density at radius 1 is 0.931 bits per heavy atom. The van der Waals surface area contributed by atoms with Crippen molar-refractivity contribution in [3.63, 3.8) is 0 Å². The van der Waals surface area contributed by atoms with Gasteiger partial charge in [0.05, 0.1) is 5.69 Å². The molecule has 0 saturated carbocycles. The highest BCUT2D eigenvalue weighted by molar-refractivity contribution is 7.94. The number of hydrogen-bond donors (Lipinski definition) is 0. The van der Waals surface area contributed by atoms with Crippen molar-refractivity contribution in [2.24, 2.45) is 0 Å². The molecule has 0 spiro atoms. The molecule has 0 N–H and O–H groups in total. The Hall–Kier alpha value is -2.64. The Labute approximate surface area is 173 Å². The first-order valence-corrected chi connectivity index (χ1v) is 10.9. The number of barbiturate groups is 1. The van der Waals surface area contributed by atoms with Gasteiger partial charge < -0.3 is 4.55 Å². The van der Waals surface area contributed by atoms with Crippen molar-refractivity contribution in [2.75, 3.05) is 17.7 Å². The average Bonchev–Trinajstić information content (AvgIpc) is 2.75. The van der Waals surface area contributed by atoms with Crippen molar-refractivity contribution in [1.29, 1.82) is 0 Å². The summed E-state index contributed by atoms with van der Waals surface area (Å²) in [6.45, 7) is 1.96. The molecule has 2 atom stereocenters. The zero-order chi connectivity index (χ0) is 21.0. The topological polar surface area (TPSA) is 80.8 Å². The van der Waals surface area contributed by atoms with Crippen LogP contribution in [0.15, 0.2) is 60.7 Å². The van der Waals surface area contributed by atoms with E-state index in [0.29, 0.717) is 12.1 Å². The van der Waals surface area contributed by atoms with E-state index in [0.717, 1.165) is 21.8 Å². The molecule has 2 unspecified atom stereocenters. The molecular formula is C22H24N2O4S. The fourth-order valence-corrected chi connectivity index (χ4v) is 5.28. The molecule has 1 saturated heterocycles. The van der Waals surface area contributed by atoms with Crippen molar-refractivity contribution < 1.29 is 18.9 Å². The molecule has 3 rings (SSSR count). The molecule has 152 valence electrons. The van der Waals surface area contributed by atoms with Crippen LogP contribution >= 0.6 is 0 Å². The maximum absolute atomic E-state index is 13.7. The summed E-state index contributed by atoms with van der Waals surface area (Å²) in [5, 5.41) is 0. The van der Waals surface area contributed by atoms with E-state index in [1.807, 2.05) is 13.0 Å². The Kier molecular flexibility index (Phi) is 6.39. The number of imide groups is 2. The Morgan fingerprint density at radius 2 is 1.52 bits per heavy atom. The van der Waals surface area contributed by atoms with Crippen LogP contribution in [0.2, 0.25) is 0 Å². The lowest BCUT2D eigenvalue weighted by molar-refractivity contribution is -0.138. The SMILES string of the molecule is CCCC[S+]([O-])C1(Cc2ccccc2)C(=O)N(C)C(=O)N(c2ccccc2)C1=O. The second kappa shape index (κ2) is 8.80. The highest BCUT2D eigenvalue weighted by Gasteiger charge is 2.64. The fourth-order valence-electron chi connectivity index (χ4n) is 3.43. The normalized spacial score (nSPS) is 20.9. The minimum atomic E-state index is -1.84. The van der Waals surface area contributed by atoms with E-state index in [4.69, 9.17) is 0 Å². The summed E-state index contributed by atoms with van der Waals surface area (Å²) < 4.78 is 11.6. The van der Waals surface area contributed by atoms with Crippen LogP contribution in [-0.2, 0) is 27.2 Å². The predicted molar refractivity (Wildman–Crippen MR) is 113 cm³/mol. The van der Waals surface area contributed by atoms with Crippen molar-refractivity contribution >= 4 is 34.7 Å². The zero-order valence-electron chi connectivity index (χ0n) is 16.5. The van der Waals surface area contributed by atoms with Crippen LogP contribution in [0.3, 0.4) is 0 Å². The molecule has 1 aliphatic rings. The minimum absolute atomic E-state index is 0.0250. The van der Waals surface area contributed by atoms with Gasteiger partial charge >= 0.3 is 11.9 Å². The number of urea groups is 1. The van der Waals surface area contributed by atoms with Gasteiger partial charge in [-0.2, -0.15) is 0 Å². The number of anilines is 1. The van der Waals surface area contributed by atoms with E-state index in [9.17, 15) is 18.9 Å². The third kappa shape index (κ3) is 3.80. The molecule has 2 aromatic carbocycles. The van der Waals surface area contributed by atoms with E-state index >= 15 is 0 Å². The molecule has 2 aromatic rings. The summed E-state index contributed by atoms with van der Waals surface area (Å²) in [6.07, 6.45) is 1.38. The van der Waals surface area contributed by atoms with Gasteiger partial charge in [-0.3, -0.25) is 14.5 Å². The van der Waals surface area contributed by atoms with E-state index in [1.54, 1.807) is 54.6 Å². The zero-order valence-corrected chi connectivity index (χ0v) is 17.4. The number of rotatable bonds is 7. The second-order valence-corrected chi connectivity index (χ2v) is 8.81. The van der Waals surface area contributed by atoms with Crippen LogP contribution in [-0.4, -0.2) is 44.8 Å². The largest absolute Gasteiger partial charge is 0.615 e. The average molecular weight is 413 g/mol. The van der Waals surface area contributed by atoms with Gasteiger partial charge in [-0.05, 0) is 35.3 Å². The Balaban J connectivity index is 2.13. The lowest BCUT2D eigenvalue weighted by Crippen LogP contribution is -2.72. The van der Waals surface area contributed by atoms with Gasteiger partial charge in [0, 0.05) is 13.5 Å². The van der Waals surface area contributed by atoms with Crippen molar-refractivity contribution in [3.05, 3.63) is 66.2 Å². The summed E-state index contributed by atoms with van der Waals surface area (Å²) in [6, 6.07) is 16.7. The summed E-state index contributed by atoms with van der Waals surface area (Å²) >= 11 is -1.79. The van der Waals surface area contributed by atoms with Crippen LogP contribution in [0.25, 0.3) is 0 Å². The van der Waals surface area contributed by atoms with E-state index in [2.05, 4.69) is 0 Å². The first-order chi connectivity index (χ1) is 13.9. The van der Waals surface area contributed by atoms with Gasteiger partial charge in [0.25, 0.3) is 10.7 Å². The monoisotopic (exact) mass is 412 g/mol. The maximum Gasteiger partial charge on any atom is 0.338 e. The molecule has 0 bridgehead atoms. The number of hydrogen-bond acceptors (Lipinski definition) is 4. The number of para-hydroxylation sites is 1. The quantitative estimate of drug-likeness (QED) is 0.517. The number of carbonyl (C=O) groups is 3. The summed E-state index contributed by atoms with van der Waals surface area (Å²) in [5.74, 6) is -1.22. The maximum atomic E-state index is 13.7. The molecule has 1 heterocycles. The molecule has 7 heteroatoms. The molecule has 1 aliphatic heterocycles. The molecule has 29 heavy (non-hydrogen) atoms. The number of amides is 4. The number of benzene rings is 2. The smallest absolute Gasteiger partial charge is 0.338 e. The van der Waals surface area contributed by atoms with Gasteiger partial charge in [0.15, 0.2) is 0 Å². The van der Waals surface area contributed by atoms with Crippen molar-refractivity contribution in [3.8, 4) is 0 Å². The van der Waals surface area contributed by atoms with Crippen LogP contribution < -0.4 is 4.90 Å². The van der Waals surface area contributed by atoms with E-state index < -0.39 is 33.8 Å². The molecule has 1 fully saturated rings. The molecule has 0 radical (unpaired) electrons. The van der Waals surface area contributed by atoms with Crippen LogP contribution in [0.4, 0.5) is 10.5 Å². The lowest BCUT2D eigenvalue weighted by atomic mass is 9.93. The minimum Gasteiger partial charge on any atom is -0.615 e. The first-order valence-electron chi connectivity index (χ1n) is 9.57. The van der Waals surface area contributed by atoms with Crippen molar-refractivity contribution in [1.82, 2.24) is 4.90 Å².